The lowest BCUT2D eigenvalue weighted by Gasteiger charge is -2.36. The summed E-state index contributed by atoms with van der Waals surface area (Å²) in [5.74, 6) is 0.630. The Labute approximate surface area is 111 Å². The normalized spacial score (nSPS) is 13.9. The van der Waals surface area contributed by atoms with Gasteiger partial charge in [-0.05, 0) is 18.2 Å². The number of nitriles is 1. The van der Waals surface area contributed by atoms with Crippen molar-refractivity contribution in [1.29, 1.82) is 5.26 Å². The van der Waals surface area contributed by atoms with Gasteiger partial charge in [-0.15, -0.1) is 5.10 Å². The van der Waals surface area contributed by atoms with Gasteiger partial charge in [-0.1, -0.05) is 12.1 Å². The molecule has 0 atom stereocenters. The van der Waals surface area contributed by atoms with Crippen LogP contribution in [0.5, 0.6) is 0 Å². The third-order valence-corrected chi connectivity index (χ3v) is 3.32. The number of rotatable bonds is 1. The molecule has 94 valence electrons. The summed E-state index contributed by atoms with van der Waals surface area (Å²) in [5.41, 5.74) is 2.76. The van der Waals surface area contributed by atoms with Crippen LogP contribution < -0.4 is 9.80 Å². The molecular weight excluding hydrogens is 238 g/mol. The van der Waals surface area contributed by atoms with E-state index in [1.165, 1.54) is 0 Å². The van der Waals surface area contributed by atoms with E-state index in [1.807, 2.05) is 18.2 Å². The van der Waals surface area contributed by atoms with Crippen LogP contribution in [-0.2, 0) is 0 Å². The molecule has 1 aliphatic heterocycles. The standard InChI is InChI=1S/C14H13N5/c1-18-8-9-19(13-5-3-2-4-12(13)18)14-11(10-15)6-7-16-17-14/h2-7H,8-9H2,1H3. The molecule has 5 heteroatoms. The van der Waals surface area contributed by atoms with Crippen LogP contribution in [0.2, 0.25) is 0 Å². The molecule has 0 unspecified atom stereocenters. The second-order valence-corrected chi connectivity index (χ2v) is 4.44. The van der Waals surface area contributed by atoms with Gasteiger partial charge >= 0.3 is 0 Å². The van der Waals surface area contributed by atoms with Crippen molar-refractivity contribution in [3.63, 3.8) is 0 Å². The third kappa shape index (κ3) is 1.87. The monoisotopic (exact) mass is 251 g/mol. The van der Waals surface area contributed by atoms with Crippen molar-refractivity contribution in [3.8, 4) is 6.07 Å². The first-order valence-electron chi connectivity index (χ1n) is 6.11. The molecule has 0 N–H and O–H groups in total. The molecule has 19 heavy (non-hydrogen) atoms. The zero-order chi connectivity index (χ0) is 13.2. The van der Waals surface area contributed by atoms with Crippen molar-refractivity contribution in [2.24, 2.45) is 0 Å². The summed E-state index contributed by atoms with van der Waals surface area (Å²) in [6.45, 7) is 1.68. The number of para-hydroxylation sites is 2. The fraction of sp³-hybridized carbons (Fsp3) is 0.214. The molecule has 5 nitrogen and oxygen atoms in total. The van der Waals surface area contributed by atoms with Gasteiger partial charge in [-0.25, -0.2) is 0 Å². The van der Waals surface area contributed by atoms with Crippen molar-refractivity contribution in [3.05, 3.63) is 42.1 Å². The summed E-state index contributed by atoms with van der Waals surface area (Å²) < 4.78 is 0. The first kappa shape index (κ1) is 11.5. The van der Waals surface area contributed by atoms with E-state index in [-0.39, 0.29) is 0 Å². The summed E-state index contributed by atoms with van der Waals surface area (Å²) in [4.78, 5) is 4.26. The Morgan fingerprint density at radius 2 is 1.95 bits per heavy atom. The van der Waals surface area contributed by atoms with E-state index in [1.54, 1.807) is 12.3 Å². The fourth-order valence-electron chi connectivity index (χ4n) is 2.34. The minimum Gasteiger partial charge on any atom is -0.371 e. The number of fused-ring (bicyclic) bond motifs is 1. The Kier molecular flexibility index (Phi) is 2.76. The highest BCUT2D eigenvalue weighted by atomic mass is 15.3. The first-order chi connectivity index (χ1) is 9.31. The van der Waals surface area contributed by atoms with Gasteiger partial charge < -0.3 is 9.80 Å². The summed E-state index contributed by atoms with van der Waals surface area (Å²) in [7, 11) is 2.07. The number of nitrogens with zero attached hydrogens (tertiary/aromatic N) is 5. The van der Waals surface area contributed by atoms with Crippen LogP contribution in [0.15, 0.2) is 36.5 Å². The van der Waals surface area contributed by atoms with Crippen molar-refractivity contribution < 1.29 is 0 Å². The minimum atomic E-state index is 0.550. The molecule has 2 heterocycles. The molecule has 0 saturated carbocycles. The van der Waals surface area contributed by atoms with Gasteiger partial charge in [-0.2, -0.15) is 10.4 Å². The fourth-order valence-corrected chi connectivity index (χ4v) is 2.34. The van der Waals surface area contributed by atoms with Gasteiger partial charge in [-0.3, -0.25) is 0 Å². The van der Waals surface area contributed by atoms with Gasteiger partial charge in [0, 0.05) is 20.1 Å². The Morgan fingerprint density at radius 3 is 2.74 bits per heavy atom. The average molecular weight is 251 g/mol. The van der Waals surface area contributed by atoms with Gasteiger partial charge in [0.25, 0.3) is 0 Å². The molecule has 1 aliphatic rings. The van der Waals surface area contributed by atoms with Crippen LogP contribution in [0.25, 0.3) is 0 Å². The first-order valence-corrected chi connectivity index (χ1v) is 6.11. The maximum Gasteiger partial charge on any atom is 0.173 e. The molecule has 0 bridgehead atoms. The number of benzene rings is 1. The SMILES string of the molecule is CN1CCN(c2nnccc2C#N)c2ccccc21. The summed E-state index contributed by atoms with van der Waals surface area (Å²) >= 11 is 0. The van der Waals surface area contributed by atoms with Gasteiger partial charge in [0.1, 0.15) is 6.07 Å². The Bertz CT molecular complexity index is 646. The molecule has 3 rings (SSSR count). The number of hydrogen-bond donors (Lipinski definition) is 0. The van der Waals surface area contributed by atoms with E-state index >= 15 is 0 Å². The molecule has 0 fully saturated rings. The quantitative estimate of drug-likeness (QED) is 0.775. The smallest absolute Gasteiger partial charge is 0.173 e. The Balaban J connectivity index is 2.13. The van der Waals surface area contributed by atoms with Crippen LogP contribution in [0.4, 0.5) is 17.2 Å². The summed E-state index contributed by atoms with van der Waals surface area (Å²) in [6, 6.07) is 12.0. The number of hydrogen-bond acceptors (Lipinski definition) is 5. The molecule has 0 spiro atoms. The van der Waals surface area contributed by atoms with Crippen LogP contribution in [0.3, 0.4) is 0 Å². The summed E-state index contributed by atoms with van der Waals surface area (Å²) in [5, 5.41) is 17.2. The van der Waals surface area contributed by atoms with Gasteiger partial charge in [0.15, 0.2) is 5.82 Å². The van der Waals surface area contributed by atoms with Crippen molar-refractivity contribution in [2.45, 2.75) is 0 Å². The maximum absolute atomic E-state index is 9.19. The van der Waals surface area contributed by atoms with Crippen molar-refractivity contribution >= 4 is 17.2 Å². The highest BCUT2D eigenvalue weighted by molar-refractivity contribution is 5.79. The largest absolute Gasteiger partial charge is 0.371 e. The van der Waals surface area contributed by atoms with E-state index in [9.17, 15) is 5.26 Å². The topological polar surface area (TPSA) is 56.1 Å². The third-order valence-electron chi connectivity index (χ3n) is 3.32. The lowest BCUT2D eigenvalue weighted by molar-refractivity contribution is 0.802. The Morgan fingerprint density at radius 1 is 1.16 bits per heavy atom. The predicted molar refractivity (Wildman–Crippen MR) is 73.5 cm³/mol. The van der Waals surface area contributed by atoms with E-state index in [4.69, 9.17) is 0 Å². The maximum atomic E-state index is 9.19. The predicted octanol–water partition coefficient (Wildman–Crippen LogP) is 1.94. The molecule has 2 aromatic rings. The average Bonchev–Trinajstić information content (AvgIpc) is 2.48. The number of anilines is 3. The lowest BCUT2D eigenvalue weighted by Crippen LogP contribution is -2.37. The molecule has 0 saturated heterocycles. The van der Waals surface area contributed by atoms with Crippen molar-refractivity contribution in [2.75, 3.05) is 29.9 Å². The Hall–Kier alpha value is -2.61. The molecule has 0 radical (unpaired) electrons. The van der Waals surface area contributed by atoms with E-state index in [2.05, 4.69) is 39.2 Å². The van der Waals surface area contributed by atoms with E-state index in [0.717, 1.165) is 24.5 Å². The highest BCUT2D eigenvalue weighted by Crippen LogP contribution is 2.36. The van der Waals surface area contributed by atoms with Crippen LogP contribution >= 0.6 is 0 Å². The van der Waals surface area contributed by atoms with E-state index < -0.39 is 0 Å². The highest BCUT2D eigenvalue weighted by Gasteiger charge is 2.23. The van der Waals surface area contributed by atoms with Crippen LogP contribution in [0.1, 0.15) is 5.56 Å². The number of aromatic nitrogens is 2. The van der Waals surface area contributed by atoms with Crippen molar-refractivity contribution in [1.82, 2.24) is 10.2 Å². The second kappa shape index (κ2) is 4.58. The van der Waals surface area contributed by atoms with Gasteiger partial charge in [0.2, 0.25) is 0 Å². The zero-order valence-electron chi connectivity index (χ0n) is 10.6. The van der Waals surface area contributed by atoms with Crippen LogP contribution in [-0.4, -0.2) is 30.3 Å². The molecule has 0 aliphatic carbocycles. The minimum absolute atomic E-state index is 0.550. The second-order valence-electron chi connectivity index (χ2n) is 4.44. The molecular formula is C14H13N5. The molecule has 0 amide bonds. The zero-order valence-corrected chi connectivity index (χ0v) is 10.6. The molecule has 1 aromatic heterocycles. The van der Waals surface area contributed by atoms with E-state index in [0.29, 0.717) is 11.4 Å². The number of likely N-dealkylation sites (N-methyl/N-ethyl adjacent to an activating group) is 1. The summed E-state index contributed by atoms with van der Waals surface area (Å²) in [6.07, 6.45) is 1.55. The van der Waals surface area contributed by atoms with Gasteiger partial charge in [0.05, 0.1) is 23.1 Å². The lowest BCUT2D eigenvalue weighted by atomic mass is 10.1. The van der Waals surface area contributed by atoms with Crippen LogP contribution in [0, 0.1) is 11.3 Å². The molecule has 1 aromatic carbocycles.